The van der Waals surface area contributed by atoms with Crippen LogP contribution in [0.5, 0.6) is 0 Å². The zero-order valence-electron chi connectivity index (χ0n) is 48.4. The topological polar surface area (TPSA) is 287 Å². The molecule has 1 aromatic carbocycles. The number of amides is 2. The van der Waals surface area contributed by atoms with Crippen molar-refractivity contribution < 1.29 is 95.2 Å². The van der Waals surface area contributed by atoms with Gasteiger partial charge in [-0.1, -0.05) is 17.7 Å². The number of ether oxygens (including phenoxy) is 2. The van der Waals surface area contributed by atoms with E-state index in [2.05, 4.69) is 43.6 Å². The van der Waals surface area contributed by atoms with Crippen molar-refractivity contribution in [3.63, 3.8) is 0 Å². The molecular weight excluding hydrogens is 1050 g/mol. The second-order valence-electron chi connectivity index (χ2n) is 21.0. The Labute approximate surface area is 493 Å². The summed E-state index contributed by atoms with van der Waals surface area (Å²) in [6.45, 7) is 20.7. The average molecular weight is 1130 g/mol. The van der Waals surface area contributed by atoms with Crippen LogP contribution in [0.1, 0.15) is 171 Å². The van der Waals surface area contributed by atoms with Crippen LogP contribution in [0.25, 0.3) is 0 Å². The van der Waals surface area contributed by atoms with E-state index in [0.717, 1.165) is 128 Å². The Hall–Kier alpha value is -5.00. The molecule has 79 heavy (non-hydrogen) atoms. The van der Waals surface area contributed by atoms with Crippen molar-refractivity contribution in [1.82, 2.24) is 29.7 Å². The second kappa shape index (κ2) is 37.8. The SMILES string of the molecule is CC(=O)OOC(C)=O.CC(C)(C)OC(=O)N1CCC(CCCc2ncc3c(n2)CCCC3)CC1.CC(C)(C)OC(=O)N1CCC(CN)CC1.Cc1ccc(S(=O)(=O)O)cc1.O=Cc1ncc2c(n1)CCCC2.[B-]OC(C)=O.[B].[Na+]. The normalized spacial score (nSPS) is 14.8. The van der Waals surface area contributed by atoms with Gasteiger partial charge in [0.2, 0.25) is 5.97 Å². The molecule has 0 atom stereocenters. The molecule has 0 bridgehead atoms. The van der Waals surface area contributed by atoms with Gasteiger partial charge in [-0.3, -0.25) is 14.1 Å². The van der Waals surface area contributed by atoms with E-state index in [1.54, 1.807) is 23.2 Å². The number of carbonyl (C=O) groups excluding carboxylic acids is 6. The number of aryl methyl sites for hydroxylation is 6. The zero-order valence-corrected chi connectivity index (χ0v) is 51.2. The number of aldehydes is 1. The molecule has 3 aromatic rings. The smallest absolute Gasteiger partial charge is 0.793 e. The largest absolute Gasteiger partial charge is 1.00 e. The predicted molar refractivity (Wildman–Crippen MR) is 294 cm³/mol. The number of aromatic nitrogens is 4. The summed E-state index contributed by atoms with van der Waals surface area (Å²) in [5.74, 6) is 0.855. The molecule has 2 fully saturated rings. The van der Waals surface area contributed by atoms with Gasteiger partial charge in [-0.15, -0.1) is 0 Å². The Balaban J connectivity index is 0.000000991. The van der Waals surface area contributed by atoms with Crippen molar-refractivity contribution in [3.8, 4) is 0 Å². The minimum atomic E-state index is -4.02. The van der Waals surface area contributed by atoms with Gasteiger partial charge in [0, 0.05) is 85.6 Å². The molecule has 2 aliphatic heterocycles. The summed E-state index contributed by atoms with van der Waals surface area (Å²) in [5, 5.41) is 0. The van der Waals surface area contributed by atoms with E-state index in [1.165, 1.54) is 68.0 Å². The van der Waals surface area contributed by atoms with Crippen LogP contribution in [0, 0.1) is 18.8 Å². The van der Waals surface area contributed by atoms with E-state index >= 15 is 0 Å². The van der Waals surface area contributed by atoms with Gasteiger partial charge in [-0.25, -0.2) is 48.9 Å². The zero-order chi connectivity index (χ0) is 57.8. The summed E-state index contributed by atoms with van der Waals surface area (Å²) in [5.41, 5.74) is 10.7. The summed E-state index contributed by atoms with van der Waals surface area (Å²) >= 11 is 0. The number of carbonyl (C=O) groups is 6. The van der Waals surface area contributed by atoms with Crippen LogP contribution in [-0.2, 0) is 80.5 Å². The van der Waals surface area contributed by atoms with Crippen molar-refractivity contribution in [2.24, 2.45) is 17.6 Å². The molecule has 2 saturated heterocycles. The quantitative estimate of drug-likeness (QED) is 0.107. The summed E-state index contributed by atoms with van der Waals surface area (Å²) in [6.07, 6.45) is 20.9. The molecule has 3 N–H and O–H groups in total. The molecule has 0 unspecified atom stereocenters. The third kappa shape index (κ3) is 32.8. The number of piperidine rings is 2. The van der Waals surface area contributed by atoms with E-state index in [1.807, 2.05) is 53.4 Å². The number of nitrogens with zero attached hydrogens (tertiary/aromatic N) is 6. The van der Waals surface area contributed by atoms with Gasteiger partial charge in [0.1, 0.15) is 17.0 Å². The third-order valence-electron chi connectivity index (χ3n) is 11.9. The van der Waals surface area contributed by atoms with Gasteiger partial charge in [-0.05, 0) is 180 Å². The number of hydrogen-bond donors (Lipinski definition) is 2. The molecule has 7 rings (SSSR count). The maximum Gasteiger partial charge on any atom is 1.00 e. The van der Waals surface area contributed by atoms with Gasteiger partial charge in [0.15, 0.2) is 12.1 Å². The minimum absolute atomic E-state index is 0. The Morgan fingerprint density at radius 3 is 1.52 bits per heavy atom. The minimum Gasteiger partial charge on any atom is -0.793 e. The van der Waals surface area contributed by atoms with Gasteiger partial charge in [-0.2, -0.15) is 8.42 Å². The summed E-state index contributed by atoms with van der Waals surface area (Å²) in [7, 11) is 0.302. The molecule has 0 saturated carbocycles. The predicted octanol–water partition coefficient (Wildman–Crippen LogP) is 4.61. The van der Waals surface area contributed by atoms with Crippen molar-refractivity contribution in [3.05, 3.63) is 76.4 Å². The number of hydrogen-bond acceptors (Lipinski definition) is 18. The van der Waals surface area contributed by atoms with Crippen LogP contribution in [0.3, 0.4) is 0 Å². The fourth-order valence-corrected chi connectivity index (χ4v) is 8.45. The Morgan fingerprint density at radius 1 is 0.709 bits per heavy atom. The Kier molecular flexibility index (Phi) is 35.4. The number of nitrogens with two attached hydrogens (primary N) is 1. The van der Waals surface area contributed by atoms with E-state index < -0.39 is 39.2 Å². The van der Waals surface area contributed by atoms with Crippen LogP contribution < -0.4 is 35.3 Å². The first-order chi connectivity index (χ1) is 36.1. The molecule has 4 heterocycles. The molecule has 2 aromatic heterocycles. The van der Waals surface area contributed by atoms with Gasteiger partial charge in [0.25, 0.3) is 10.1 Å². The Morgan fingerprint density at radius 2 is 1.13 bits per heavy atom. The standard InChI is InChI=1S/C21H33N3O2.C11H22N2O2.C9H10N2O.C7H8O3S.C4H6O4.C2H3BO2.B.Na/c1-21(2,3)26-20(25)24-13-11-16(12-14-24)7-6-10-19-22-15-17-8-4-5-9-18(17)23-19;1-11(2,3)15-10(14)13-6-4-9(8-12)5-7-13;12-6-9-10-5-7-3-1-2-4-8(7)11-9;1-6-2-4-7(5-3-6)11(8,9)10;1-3(5)7-8-4(2)6;1-2(4)5-3;;/h15-16H,4-14H2,1-3H3;9H,4-8,12H2,1-3H3;5-6H,1-4H2;2-5H,1H3,(H,8,9,10);1-2H3;1H3;;/q;;;;;-1;;+1. The van der Waals surface area contributed by atoms with Crippen LogP contribution in [0.4, 0.5) is 9.59 Å². The first-order valence-corrected chi connectivity index (χ1v) is 27.6. The van der Waals surface area contributed by atoms with Gasteiger partial charge >= 0.3 is 53.7 Å². The van der Waals surface area contributed by atoms with E-state index in [0.29, 0.717) is 23.9 Å². The molecular formula is C54H82B2N7NaO14S. The first kappa shape index (κ1) is 74.0. The first-order valence-electron chi connectivity index (χ1n) is 26.2. The molecule has 25 heteroatoms. The molecule has 6 radical (unpaired) electrons. The summed E-state index contributed by atoms with van der Waals surface area (Å²) < 4.78 is 43.9. The fourth-order valence-electron chi connectivity index (χ4n) is 7.97. The van der Waals surface area contributed by atoms with Gasteiger partial charge < -0.3 is 37.7 Å². The second-order valence-corrected chi connectivity index (χ2v) is 22.4. The number of likely N-dealkylation sites (tertiary alicyclic amines) is 2. The van der Waals surface area contributed by atoms with Crippen molar-refractivity contribution in [2.45, 2.75) is 182 Å². The van der Waals surface area contributed by atoms with E-state index in [4.69, 9.17) is 24.7 Å². The fraction of sp³-hybridized carbons (Fsp3) is 0.630. The third-order valence-corrected chi connectivity index (χ3v) is 12.8. The monoisotopic (exact) mass is 1130 g/mol. The molecule has 4 aliphatic rings. The van der Waals surface area contributed by atoms with Crippen molar-refractivity contribution >= 4 is 63.0 Å². The van der Waals surface area contributed by atoms with Crippen molar-refractivity contribution in [1.29, 1.82) is 0 Å². The van der Waals surface area contributed by atoms with Crippen LogP contribution >= 0.6 is 0 Å². The molecule has 2 aliphatic carbocycles. The summed E-state index contributed by atoms with van der Waals surface area (Å²) in [6, 6.07) is 5.99. The maximum absolute atomic E-state index is 12.1. The molecule has 430 valence electrons. The van der Waals surface area contributed by atoms with E-state index in [-0.39, 0.29) is 55.1 Å². The number of fused-ring (bicyclic) bond motifs is 2. The number of rotatable bonds is 7. The summed E-state index contributed by atoms with van der Waals surface area (Å²) in [4.78, 5) is 92.0. The number of benzene rings is 1. The Bertz CT molecular complexity index is 2430. The average Bonchev–Trinajstić information content (AvgIpc) is 3.38. The van der Waals surface area contributed by atoms with Crippen LogP contribution in [0.2, 0.25) is 0 Å². The molecule has 21 nitrogen and oxygen atoms in total. The van der Waals surface area contributed by atoms with Crippen molar-refractivity contribution in [2.75, 3.05) is 32.7 Å². The van der Waals surface area contributed by atoms with Crippen LogP contribution in [-0.4, -0.2) is 139 Å². The molecule has 0 spiro atoms. The maximum atomic E-state index is 12.1. The van der Waals surface area contributed by atoms with E-state index in [9.17, 15) is 37.2 Å². The van der Waals surface area contributed by atoms with Gasteiger partial charge in [0.05, 0.1) is 4.90 Å². The molecule has 2 amide bonds. The van der Waals surface area contributed by atoms with Crippen LogP contribution in [0.15, 0.2) is 41.6 Å².